The first-order chi connectivity index (χ1) is 14.8. The van der Waals surface area contributed by atoms with E-state index in [1.54, 1.807) is 36.1 Å². The summed E-state index contributed by atoms with van der Waals surface area (Å²) in [7, 11) is -2.09. The van der Waals surface area contributed by atoms with Crippen LogP contribution >= 0.6 is 11.6 Å². The number of hydrogen-bond acceptors (Lipinski definition) is 6. The molecule has 0 amide bonds. The maximum atomic E-state index is 12.8. The fourth-order valence-corrected chi connectivity index (χ4v) is 4.47. The molecule has 0 atom stereocenters. The molecule has 1 saturated carbocycles. The zero-order chi connectivity index (χ0) is 22.2. The third-order valence-electron chi connectivity index (χ3n) is 5.16. The predicted octanol–water partition coefficient (Wildman–Crippen LogP) is 3.43. The standard InChI is InChI=1S/C21H25ClN4O4S/c1-29-15-5-3-14(4-6-15)13-26(31(2,27)28)21-19-17(22)9-10-18(23)20(19)25(24-21)11-12-30-16-7-8-16/h3-6,9-10,16H,7-8,11-13,23H2,1-2H3. The number of sulfonamides is 1. The first-order valence-electron chi connectivity index (χ1n) is 9.94. The van der Waals surface area contributed by atoms with Gasteiger partial charge in [-0.3, -0.25) is 4.68 Å². The van der Waals surface area contributed by atoms with E-state index in [9.17, 15) is 8.42 Å². The van der Waals surface area contributed by atoms with Gasteiger partial charge in [0, 0.05) is 0 Å². The highest BCUT2D eigenvalue weighted by molar-refractivity contribution is 7.92. The summed E-state index contributed by atoms with van der Waals surface area (Å²) in [6.45, 7) is 1.00. The topological polar surface area (TPSA) is 99.7 Å². The summed E-state index contributed by atoms with van der Waals surface area (Å²) in [5, 5.41) is 5.51. The molecular formula is C21H25ClN4O4S. The molecule has 2 aromatic carbocycles. The molecule has 2 N–H and O–H groups in total. The van der Waals surface area contributed by atoms with E-state index in [4.69, 9.17) is 26.8 Å². The lowest BCUT2D eigenvalue weighted by atomic mass is 10.2. The lowest BCUT2D eigenvalue weighted by Crippen LogP contribution is -2.30. The Bertz CT molecular complexity index is 1190. The van der Waals surface area contributed by atoms with Crippen molar-refractivity contribution in [2.24, 2.45) is 0 Å². The smallest absolute Gasteiger partial charge is 0.233 e. The van der Waals surface area contributed by atoms with Gasteiger partial charge in [0.05, 0.1) is 60.8 Å². The number of benzene rings is 2. The highest BCUT2D eigenvalue weighted by atomic mass is 35.5. The monoisotopic (exact) mass is 464 g/mol. The number of rotatable bonds is 9. The van der Waals surface area contributed by atoms with Crippen LogP contribution in [-0.4, -0.2) is 44.3 Å². The van der Waals surface area contributed by atoms with E-state index in [1.807, 2.05) is 12.1 Å². The molecule has 1 aliphatic rings. The normalized spacial score (nSPS) is 14.2. The maximum absolute atomic E-state index is 12.8. The van der Waals surface area contributed by atoms with Crippen LogP contribution in [0.25, 0.3) is 10.9 Å². The summed E-state index contributed by atoms with van der Waals surface area (Å²) < 4.78 is 39.4. The summed E-state index contributed by atoms with van der Waals surface area (Å²) in [5.74, 6) is 0.938. The molecule has 10 heteroatoms. The minimum absolute atomic E-state index is 0.0959. The molecule has 1 aliphatic carbocycles. The van der Waals surface area contributed by atoms with Crippen molar-refractivity contribution in [3.63, 3.8) is 0 Å². The van der Waals surface area contributed by atoms with E-state index in [-0.39, 0.29) is 12.4 Å². The van der Waals surface area contributed by atoms with Gasteiger partial charge in [0.15, 0.2) is 5.82 Å². The SMILES string of the molecule is COc1ccc(CN(c2nn(CCOC3CC3)c3c(N)ccc(Cl)c23)S(C)(=O)=O)cc1. The summed E-state index contributed by atoms with van der Waals surface area (Å²) in [6.07, 6.45) is 3.61. The predicted molar refractivity (Wildman–Crippen MR) is 122 cm³/mol. The number of nitrogens with zero attached hydrogens (tertiary/aromatic N) is 3. The van der Waals surface area contributed by atoms with E-state index >= 15 is 0 Å². The molecular weight excluding hydrogens is 440 g/mol. The Morgan fingerprint density at radius 1 is 1.23 bits per heavy atom. The quantitative estimate of drug-likeness (QED) is 0.487. The molecule has 0 spiro atoms. The van der Waals surface area contributed by atoms with Gasteiger partial charge in [0.2, 0.25) is 10.0 Å². The van der Waals surface area contributed by atoms with Gasteiger partial charge in [-0.25, -0.2) is 12.7 Å². The summed E-state index contributed by atoms with van der Waals surface area (Å²) in [6, 6.07) is 10.6. The van der Waals surface area contributed by atoms with Crippen LogP contribution in [0.1, 0.15) is 18.4 Å². The second kappa shape index (κ2) is 8.57. The number of hydrogen-bond donors (Lipinski definition) is 1. The maximum Gasteiger partial charge on any atom is 0.233 e. The van der Waals surface area contributed by atoms with Gasteiger partial charge in [0.1, 0.15) is 5.75 Å². The third kappa shape index (κ3) is 4.73. The van der Waals surface area contributed by atoms with Gasteiger partial charge in [-0.05, 0) is 42.7 Å². The molecule has 1 aromatic heterocycles. The third-order valence-corrected chi connectivity index (χ3v) is 6.58. The molecule has 0 radical (unpaired) electrons. The Labute approximate surface area is 186 Å². The second-order valence-electron chi connectivity index (χ2n) is 7.59. The average molecular weight is 465 g/mol. The number of ether oxygens (including phenoxy) is 2. The molecule has 4 rings (SSSR count). The largest absolute Gasteiger partial charge is 0.497 e. The van der Waals surface area contributed by atoms with Crippen molar-refractivity contribution in [3.8, 4) is 5.75 Å². The fourth-order valence-electron chi connectivity index (χ4n) is 3.41. The van der Waals surface area contributed by atoms with Crippen LogP contribution in [0, 0.1) is 0 Å². The van der Waals surface area contributed by atoms with Gasteiger partial charge in [-0.15, -0.1) is 0 Å². The van der Waals surface area contributed by atoms with Crippen molar-refractivity contribution < 1.29 is 17.9 Å². The van der Waals surface area contributed by atoms with Crippen LogP contribution in [-0.2, 0) is 27.8 Å². The van der Waals surface area contributed by atoms with Crippen molar-refractivity contribution >= 4 is 44.0 Å². The van der Waals surface area contributed by atoms with Crippen molar-refractivity contribution in [1.82, 2.24) is 9.78 Å². The number of aromatic nitrogens is 2. The minimum Gasteiger partial charge on any atom is -0.497 e. The number of nitrogens with two attached hydrogens (primary N) is 1. The molecule has 0 bridgehead atoms. The van der Waals surface area contributed by atoms with Crippen LogP contribution in [0.5, 0.6) is 5.75 Å². The zero-order valence-corrected chi connectivity index (χ0v) is 19.0. The summed E-state index contributed by atoms with van der Waals surface area (Å²) >= 11 is 6.50. The van der Waals surface area contributed by atoms with E-state index in [1.165, 1.54) is 4.31 Å². The summed E-state index contributed by atoms with van der Waals surface area (Å²) in [5.41, 5.74) is 8.09. The van der Waals surface area contributed by atoms with Crippen molar-refractivity contribution in [2.75, 3.05) is 30.0 Å². The van der Waals surface area contributed by atoms with Gasteiger partial charge in [-0.2, -0.15) is 5.10 Å². The van der Waals surface area contributed by atoms with Crippen LogP contribution in [0.15, 0.2) is 36.4 Å². The van der Waals surface area contributed by atoms with Crippen molar-refractivity contribution in [3.05, 3.63) is 47.0 Å². The Kier molecular flexibility index (Phi) is 6.00. The van der Waals surface area contributed by atoms with Crippen LogP contribution in [0.3, 0.4) is 0 Å². The molecule has 0 aliphatic heterocycles. The first-order valence-corrected chi connectivity index (χ1v) is 12.2. The van der Waals surface area contributed by atoms with Crippen LogP contribution in [0.2, 0.25) is 5.02 Å². The van der Waals surface area contributed by atoms with E-state index in [0.29, 0.717) is 46.6 Å². The average Bonchev–Trinajstić information content (AvgIpc) is 3.47. The Morgan fingerprint density at radius 2 is 1.94 bits per heavy atom. The van der Waals surface area contributed by atoms with Crippen LogP contribution < -0.4 is 14.8 Å². The molecule has 166 valence electrons. The molecule has 0 saturated heterocycles. The number of nitrogen functional groups attached to an aromatic ring is 1. The highest BCUT2D eigenvalue weighted by Gasteiger charge is 2.27. The Balaban J connectivity index is 1.76. The van der Waals surface area contributed by atoms with Crippen LogP contribution in [0.4, 0.5) is 11.5 Å². The Hall–Kier alpha value is -2.49. The minimum atomic E-state index is -3.67. The molecule has 31 heavy (non-hydrogen) atoms. The molecule has 3 aromatic rings. The number of methoxy groups -OCH3 is 1. The van der Waals surface area contributed by atoms with E-state index in [0.717, 1.165) is 24.7 Å². The van der Waals surface area contributed by atoms with Crippen molar-refractivity contribution in [1.29, 1.82) is 0 Å². The molecule has 1 fully saturated rings. The number of anilines is 2. The number of halogens is 1. The van der Waals surface area contributed by atoms with Gasteiger partial charge in [-0.1, -0.05) is 23.7 Å². The lowest BCUT2D eigenvalue weighted by Gasteiger charge is -2.21. The number of fused-ring (bicyclic) bond motifs is 1. The van der Waals surface area contributed by atoms with Gasteiger partial charge < -0.3 is 15.2 Å². The van der Waals surface area contributed by atoms with E-state index in [2.05, 4.69) is 5.10 Å². The molecule has 0 unspecified atom stereocenters. The summed E-state index contributed by atoms with van der Waals surface area (Å²) in [4.78, 5) is 0. The molecule has 8 nitrogen and oxygen atoms in total. The second-order valence-corrected chi connectivity index (χ2v) is 9.91. The fraction of sp³-hybridized carbons (Fsp3) is 0.381. The zero-order valence-electron chi connectivity index (χ0n) is 17.4. The highest BCUT2D eigenvalue weighted by Crippen LogP contribution is 2.37. The van der Waals surface area contributed by atoms with E-state index < -0.39 is 10.0 Å². The Morgan fingerprint density at radius 3 is 2.55 bits per heavy atom. The van der Waals surface area contributed by atoms with Gasteiger partial charge in [0.25, 0.3) is 0 Å². The van der Waals surface area contributed by atoms with Gasteiger partial charge >= 0.3 is 0 Å². The lowest BCUT2D eigenvalue weighted by molar-refractivity contribution is 0.110. The molecule has 1 heterocycles. The first kappa shape index (κ1) is 21.7. The van der Waals surface area contributed by atoms with Crippen molar-refractivity contribution in [2.45, 2.75) is 32.0 Å².